The van der Waals surface area contributed by atoms with E-state index in [0.29, 0.717) is 64.1 Å². The van der Waals surface area contributed by atoms with Gasteiger partial charge in [-0.15, -0.1) is 0 Å². The monoisotopic (exact) mass is 613 g/mol. The fourth-order valence-electron chi connectivity index (χ4n) is 6.44. The molecule has 1 heterocycles. The summed E-state index contributed by atoms with van der Waals surface area (Å²) in [6.45, 7) is 4.72. The van der Waals surface area contributed by atoms with E-state index in [1.807, 2.05) is 0 Å². The maximum atomic E-state index is 12.8. The Morgan fingerprint density at radius 1 is 0.884 bits per heavy atom. The third-order valence-electron chi connectivity index (χ3n) is 9.33. The Balaban J connectivity index is 1.20. The first-order valence-electron chi connectivity index (χ1n) is 16.3. The predicted octanol–water partition coefficient (Wildman–Crippen LogP) is 0.624. The van der Waals surface area contributed by atoms with Gasteiger partial charge in [-0.3, -0.25) is 14.4 Å². The fourth-order valence-corrected chi connectivity index (χ4v) is 6.44. The number of rotatable bonds is 18. The molecule has 1 saturated heterocycles. The van der Waals surface area contributed by atoms with Gasteiger partial charge in [0.15, 0.2) is 0 Å². The minimum absolute atomic E-state index is 0.00688. The van der Waals surface area contributed by atoms with Crippen molar-refractivity contribution in [2.24, 2.45) is 11.8 Å². The Morgan fingerprint density at radius 2 is 1.63 bits per heavy atom. The zero-order valence-electron chi connectivity index (χ0n) is 26.0. The van der Waals surface area contributed by atoms with Crippen LogP contribution in [0.4, 0.5) is 0 Å². The Bertz CT molecular complexity index is 877. The molecule has 0 bridgehead atoms. The van der Waals surface area contributed by atoms with E-state index in [-0.39, 0.29) is 49.2 Å². The molecule has 0 radical (unpaired) electrons. The summed E-state index contributed by atoms with van der Waals surface area (Å²) < 4.78 is 12.1. The summed E-state index contributed by atoms with van der Waals surface area (Å²) in [4.78, 5) is 38.3. The topological polar surface area (TPSA) is 178 Å². The highest BCUT2D eigenvalue weighted by Crippen LogP contribution is 2.33. The van der Waals surface area contributed by atoms with E-state index in [9.17, 15) is 34.8 Å². The number of aliphatic hydroxyl groups is 4. The van der Waals surface area contributed by atoms with Crippen molar-refractivity contribution in [3.8, 4) is 0 Å². The van der Waals surface area contributed by atoms with E-state index in [1.54, 1.807) is 4.90 Å². The molecule has 12 heteroatoms. The summed E-state index contributed by atoms with van der Waals surface area (Å²) >= 11 is 0. The average Bonchev–Trinajstić information content (AvgIpc) is 3.41. The second-order valence-electron chi connectivity index (χ2n) is 12.7. The van der Waals surface area contributed by atoms with Gasteiger partial charge in [-0.2, -0.15) is 0 Å². The predicted molar refractivity (Wildman–Crippen MR) is 159 cm³/mol. The molecule has 0 aromatic heterocycles. The number of ether oxygens (including phenoxy) is 2. The summed E-state index contributed by atoms with van der Waals surface area (Å²) in [5, 5.41) is 45.4. The molecule has 3 aliphatic rings. The van der Waals surface area contributed by atoms with Crippen LogP contribution in [0.25, 0.3) is 0 Å². The van der Waals surface area contributed by atoms with Gasteiger partial charge in [0.2, 0.25) is 17.7 Å². The summed E-state index contributed by atoms with van der Waals surface area (Å²) in [7, 11) is 0. The van der Waals surface area contributed by atoms with Crippen molar-refractivity contribution >= 4 is 17.7 Å². The number of likely N-dealkylation sites (tertiary alicyclic amines) is 1. The Hall–Kier alpha value is -1.83. The van der Waals surface area contributed by atoms with Crippen molar-refractivity contribution in [2.45, 2.75) is 134 Å². The first-order chi connectivity index (χ1) is 20.6. The second kappa shape index (κ2) is 18.2. The van der Waals surface area contributed by atoms with E-state index in [0.717, 1.165) is 32.1 Å². The molecule has 3 fully saturated rings. The van der Waals surface area contributed by atoms with E-state index in [1.165, 1.54) is 13.3 Å². The Morgan fingerprint density at radius 3 is 2.28 bits per heavy atom. The van der Waals surface area contributed by atoms with Crippen LogP contribution in [0.1, 0.15) is 90.9 Å². The van der Waals surface area contributed by atoms with Crippen molar-refractivity contribution in [2.75, 3.05) is 32.9 Å². The van der Waals surface area contributed by atoms with Crippen molar-refractivity contribution < 1.29 is 44.3 Å². The number of carbonyl (C=O) groups excluding carboxylic acids is 3. The molecule has 2 aliphatic carbocycles. The van der Waals surface area contributed by atoms with Gasteiger partial charge in [0.05, 0.1) is 43.1 Å². The molecule has 6 N–H and O–H groups in total. The summed E-state index contributed by atoms with van der Waals surface area (Å²) in [6.07, 6.45) is 6.13. The van der Waals surface area contributed by atoms with Gasteiger partial charge in [-0.05, 0) is 57.3 Å². The molecule has 3 amide bonds. The molecular weight excluding hydrogens is 558 g/mol. The number of hydrogen-bond acceptors (Lipinski definition) is 9. The lowest BCUT2D eigenvalue weighted by molar-refractivity contribution is -0.142. The smallest absolute Gasteiger partial charge is 0.222 e. The van der Waals surface area contributed by atoms with E-state index in [2.05, 4.69) is 17.6 Å². The van der Waals surface area contributed by atoms with Crippen molar-refractivity contribution in [1.82, 2.24) is 15.5 Å². The normalized spacial score (nSPS) is 32.3. The van der Waals surface area contributed by atoms with Crippen LogP contribution >= 0.6 is 0 Å². The lowest BCUT2D eigenvalue weighted by atomic mass is 9.79. The summed E-state index contributed by atoms with van der Waals surface area (Å²) in [6, 6.07) is -0.906. The van der Waals surface area contributed by atoms with Crippen LogP contribution in [-0.2, 0) is 23.9 Å². The van der Waals surface area contributed by atoms with Crippen LogP contribution in [0.15, 0.2) is 0 Å². The van der Waals surface area contributed by atoms with Gasteiger partial charge >= 0.3 is 0 Å². The maximum absolute atomic E-state index is 12.8. The number of unbranched alkanes of at least 4 members (excludes halogenated alkanes) is 4. The van der Waals surface area contributed by atoms with E-state index < -0.39 is 30.3 Å². The van der Waals surface area contributed by atoms with Crippen LogP contribution in [0, 0.1) is 11.8 Å². The Labute approximate surface area is 255 Å². The molecule has 43 heavy (non-hydrogen) atoms. The van der Waals surface area contributed by atoms with Gasteiger partial charge in [-0.25, -0.2) is 0 Å². The van der Waals surface area contributed by atoms with Crippen molar-refractivity contribution in [3.63, 3.8) is 0 Å². The lowest BCUT2D eigenvalue weighted by Crippen LogP contribution is -2.61. The van der Waals surface area contributed by atoms with Crippen molar-refractivity contribution in [1.29, 1.82) is 0 Å². The number of amides is 3. The van der Waals surface area contributed by atoms with Crippen LogP contribution in [0.3, 0.4) is 0 Å². The third kappa shape index (κ3) is 10.9. The minimum Gasteiger partial charge on any atom is -0.396 e. The highest BCUT2D eigenvalue weighted by molar-refractivity contribution is 5.77. The van der Waals surface area contributed by atoms with Gasteiger partial charge in [0.1, 0.15) is 6.10 Å². The molecule has 1 aliphatic heterocycles. The maximum Gasteiger partial charge on any atom is 0.222 e. The third-order valence-corrected chi connectivity index (χ3v) is 9.33. The van der Waals surface area contributed by atoms with Gasteiger partial charge < -0.3 is 45.4 Å². The standard InChI is InChI=1S/C31H55N3O9/c1-20-11-12-25(20)43-24-16-23(19-36)34(17-24)28(39)10-6-3-7-13-32-27(38)9-5-4-8-14-42-26-15-22(18-35)30(40)31(41)29(26)33-21(2)37/h20,22-26,29-31,35-36,40-41H,3-19H2,1-2H3,(H,32,38)(H,33,37)/t20?,22?,23-,24+,25?,26?,29?,30?,31?/m0/s1. The molecule has 7 unspecified atom stereocenters. The van der Waals surface area contributed by atoms with E-state index >= 15 is 0 Å². The first kappa shape index (κ1) is 35.6. The van der Waals surface area contributed by atoms with Crippen LogP contribution < -0.4 is 10.6 Å². The van der Waals surface area contributed by atoms with Gasteiger partial charge in [-0.1, -0.05) is 19.8 Å². The molecule has 2 saturated carbocycles. The summed E-state index contributed by atoms with van der Waals surface area (Å²) in [5.41, 5.74) is 0. The quantitative estimate of drug-likeness (QED) is 0.121. The molecule has 3 rings (SSSR count). The Kier molecular flexibility index (Phi) is 15.1. The minimum atomic E-state index is -1.22. The van der Waals surface area contributed by atoms with Crippen LogP contribution in [0.5, 0.6) is 0 Å². The molecule has 0 aromatic rings. The zero-order valence-corrected chi connectivity index (χ0v) is 26.0. The molecule has 9 atom stereocenters. The molecule has 0 spiro atoms. The lowest BCUT2D eigenvalue weighted by Gasteiger charge is -2.42. The number of carbonyl (C=O) groups is 3. The fraction of sp³-hybridized carbons (Fsp3) is 0.903. The molecule has 248 valence electrons. The first-order valence-corrected chi connectivity index (χ1v) is 16.3. The van der Waals surface area contributed by atoms with Gasteiger partial charge in [0.25, 0.3) is 0 Å². The number of aliphatic hydroxyl groups excluding tert-OH is 4. The van der Waals surface area contributed by atoms with Crippen molar-refractivity contribution in [3.05, 3.63) is 0 Å². The SMILES string of the molecule is CC(=O)NC1C(OCCCCCC(=O)NCCCCCC(=O)N2C[C@H](OC3CCC3C)C[C@H]2CO)CC(CO)C(O)C1O. The number of hydrogen-bond donors (Lipinski definition) is 6. The molecule has 0 aromatic carbocycles. The number of nitrogens with zero attached hydrogens (tertiary/aromatic N) is 1. The molecule has 12 nitrogen and oxygen atoms in total. The average molecular weight is 614 g/mol. The van der Waals surface area contributed by atoms with Gasteiger partial charge in [0, 0.05) is 52.0 Å². The largest absolute Gasteiger partial charge is 0.396 e. The van der Waals surface area contributed by atoms with Crippen LogP contribution in [-0.4, -0.2) is 119 Å². The zero-order chi connectivity index (χ0) is 31.4. The van der Waals surface area contributed by atoms with Crippen LogP contribution in [0.2, 0.25) is 0 Å². The highest BCUT2D eigenvalue weighted by atomic mass is 16.5. The molecular formula is C31H55N3O9. The number of nitrogens with one attached hydrogen (secondary N) is 2. The summed E-state index contributed by atoms with van der Waals surface area (Å²) in [5.74, 6) is -0.219. The second-order valence-corrected chi connectivity index (χ2v) is 12.7. The van der Waals surface area contributed by atoms with E-state index in [4.69, 9.17) is 9.47 Å². The highest BCUT2D eigenvalue weighted by Gasteiger charge is 2.44.